The summed E-state index contributed by atoms with van der Waals surface area (Å²) in [7, 11) is 2.59. The third-order valence-corrected chi connectivity index (χ3v) is 24.5. The van der Waals surface area contributed by atoms with Gasteiger partial charge in [0.1, 0.15) is 12.4 Å². The summed E-state index contributed by atoms with van der Waals surface area (Å²) in [6.45, 7) is 6.37. The van der Waals surface area contributed by atoms with Crippen LogP contribution in [0.15, 0.2) is 69.9 Å². The molecular formula is C53H59NO. The highest BCUT2D eigenvalue weighted by atomic mass is 16.5. The highest BCUT2D eigenvalue weighted by molar-refractivity contribution is 5.57. The minimum absolute atomic E-state index is 0.437. The molecule has 1 aliphatic heterocycles. The van der Waals surface area contributed by atoms with E-state index in [4.69, 9.17) is 4.74 Å². The maximum Gasteiger partial charge on any atom is 0.119 e. The zero-order chi connectivity index (χ0) is 35.0. The molecule has 27 unspecified atom stereocenters. The Balaban J connectivity index is 0.900. The van der Waals surface area contributed by atoms with Gasteiger partial charge in [0.05, 0.1) is 0 Å². The maximum absolute atomic E-state index is 6.29. The lowest BCUT2D eigenvalue weighted by Crippen LogP contribution is -2.59. The van der Waals surface area contributed by atoms with Gasteiger partial charge in [-0.15, -0.1) is 0 Å². The van der Waals surface area contributed by atoms with Crippen LogP contribution in [0.4, 0.5) is 0 Å². The van der Waals surface area contributed by atoms with Crippen LogP contribution in [0.2, 0.25) is 0 Å². The largest absolute Gasteiger partial charge is 0.490 e. The summed E-state index contributed by atoms with van der Waals surface area (Å²) in [5.41, 5.74) is 14.1. The minimum atomic E-state index is 0.437. The molecule has 0 radical (unpaired) electrons. The van der Waals surface area contributed by atoms with E-state index >= 15 is 0 Å². The molecule has 1 aromatic rings. The summed E-state index contributed by atoms with van der Waals surface area (Å²) < 4.78 is 6.29. The molecule has 13 fully saturated rings. The first-order valence-corrected chi connectivity index (χ1v) is 24.2. The number of benzene rings is 1. The smallest absolute Gasteiger partial charge is 0.119 e. The van der Waals surface area contributed by atoms with Gasteiger partial charge in [0.15, 0.2) is 0 Å². The highest BCUT2D eigenvalue weighted by Crippen LogP contribution is 2.93. The Bertz CT molecular complexity index is 2240. The van der Waals surface area contributed by atoms with E-state index in [1.54, 1.807) is 31.2 Å². The lowest BCUT2D eigenvalue weighted by atomic mass is 9.41. The second-order valence-corrected chi connectivity index (χ2v) is 24.8. The third kappa shape index (κ3) is 2.65. The predicted octanol–water partition coefficient (Wildman–Crippen LogP) is 9.88. The summed E-state index contributed by atoms with van der Waals surface area (Å²) in [6, 6.07) is 10.4. The van der Waals surface area contributed by atoms with Crippen molar-refractivity contribution in [1.29, 1.82) is 0 Å². The molecule has 55 heavy (non-hydrogen) atoms. The van der Waals surface area contributed by atoms with E-state index in [0.717, 1.165) is 154 Å². The predicted molar refractivity (Wildman–Crippen MR) is 211 cm³/mol. The number of nitrogens with zero attached hydrogens (tertiary/aromatic N) is 1. The van der Waals surface area contributed by atoms with Crippen LogP contribution >= 0.6 is 0 Å². The Hall–Kier alpha value is -2.06. The normalized spacial score (nSPS) is 64.8. The Morgan fingerprint density at radius 2 is 1.47 bits per heavy atom. The van der Waals surface area contributed by atoms with Gasteiger partial charge in [-0.3, -0.25) is 4.90 Å². The van der Waals surface area contributed by atoms with Gasteiger partial charge in [-0.1, -0.05) is 51.6 Å². The topological polar surface area (TPSA) is 12.5 Å². The second kappa shape index (κ2) is 8.63. The number of hydrogen-bond donors (Lipinski definition) is 0. The van der Waals surface area contributed by atoms with Crippen molar-refractivity contribution in [3.8, 4) is 5.75 Å². The van der Waals surface area contributed by atoms with Crippen LogP contribution < -0.4 is 4.74 Å². The summed E-state index contributed by atoms with van der Waals surface area (Å²) in [6.07, 6.45) is 16.3. The number of likely N-dealkylation sites (tertiary alicyclic amines) is 1. The summed E-state index contributed by atoms with van der Waals surface area (Å²) in [5, 5.41) is 0. The van der Waals surface area contributed by atoms with E-state index in [-0.39, 0.29) is 0 Å². The first-order valence-electron chi connectivity index (χ1n) is 24.2. The van der Waals surface area contributed by atoms with Crippen LogP contribution in [0, 0.1) is 153 Å². The Labute approximate surface area is 328 Å². The van der Waals surface area contributed by atoms with Gasteiger partial charge < -0.3 is 4.74 Å². The van der Waals surface area contributed by atoms with Gasteiger partial charge in [-0.2, -0.15) is 0 Å². The number of rotatable bonds is 4. The molecule has 282 valence electrons. The van der Waals surface area contributed by atoms with E-state index in [9.17, 15) is 0 Å². The molecule has 1 aromatic carbocycles. The molecule has 17 aliphatic rings. The fraction of sp³-hybridized carbons (Fsp3) is 0.736. The second-order valence-electron chi connectivity index (χ2n) is 24.8. The number of fused-ring (bicyclic) bond motifs is 1. The molecular weight excluding hydrogens is 667 g/mol. The zero-order valence-electron chi connectivity index (χ0n) is 33.2. The average molecular weight is 726 g/mol. The maximum atomic E-state index is 6.29. The van der Waals surface area contributed by atoms with Crippen molar-refractivity contribution in [2.75, 3.05) is 20.2 Å². The fourth-order valence-electron chi connectivity index (χ4n) is 25.5. The molecule has 0 bridgehead atoms. The van der Waals surface area contributed by atoms with Crippen molar-refractivity contribution in [3.63, 3.8) is 0 Å². The van der Waals surface area contributed by atoms with Crippen LogP contribution in [-0.2, 0) is 0 Å². The minimum Gasteiger partial charge on any atom is -0.490 e. The van der Waals surface area contributed by atoms with Crippen molar-refractivity contribution in [2.24, 2.45) is 153 Å². The van der Waals surface area contributed by atoms with Crippen LogP contribution in [0.3, 0.4) is 0 Å². The van der Waals surface area contributed by atoms with Gasteiger partial charge in [0, 0.05) is 29.8 Å². The average Bonchev–Trinajstić information content (AvgIpc) is 4.02. The van der Waals surface area contributed by atoms with Gasteiger partial charge in [0.25, 0.3) is 0 Å². The van der Waals surface area contributed by atoms with Gasteiger partial charge >= 0.3 is 0 Å². The van der Waals surface area contributed by atoms with Crippen molar-refractivity contribution >= 4 is 0 Å². The Morgan fingerprint density at radius 3 is 2.35 bits per heavy atom. The molecule has 0 N–H and O–H groups in total. The molecule has 12 saturated carbocycles. The van der Waals surface area contributed by atoms with Crippen LogP contribution in [0.5, 0.6) is 5.75 Å². The molecule has 27 atom stereocenters. The van der Waals surface area contributed by atoms with Crippen molar-refractivity contribution in [2.45, 2.75) is 64.8 Å². The van der Waals surface area contributed by atoms with Gasteiger partial charge in [-0.05, 0) is 226 Å². The van der Waals surface area contributed by atoms with Crippen molar-refractivity contribution in [3.05, 3.63) is 75.4 Å². The molecule has 1 heterocycles. The number of hydrogen-bond acceptors (Lipinski definition) is 2. The van der Waals surface area contributed by atoms with Crippen molar-refractivity contribution in [1.82, 2.24) is 4.90 Å². The van der Waals surface area contributed by atoms with Gasteiger partial charge in [-0.25, -0.2) is 0 Å². The molecule has 18 rings (SSSR count). The third-order valence-electron chi connectivity index (χ3n) is 24.5. The van der Waals surface area contributed by atoms with Crippen LogP contribution in [0.25, 0.3) is 0 Å². The SMILES string of the molecule is CC(C)=CCOc1ccc(C2N(C)CC3C4=C5C6C7=C(C4)CC4CC8=CC9CC%10CC%11CC%12CC32C2C5C3C6C5C(C74)C8C4C9C%10C6C%11C(C3C6C45)C%122)cc1. The molecule has 0 aromatic heterocycles. The van der Waals surface area contributed by atoms with E-state index in [1.807, 2.05) is 0 Å². The van der Waals surface area contributed by atoms with Crippen LogP contribution in [0.1, 0.15) is 70.4 Å². The monoisotopic (exact) mass is 725 g/mol. The molecule has 2 nitrogen and oxygen atoms in total. The molecule has 1 saturated heterocycles. The first-order chi connectivity index (χ1) is 27.0. The van der Waals surface area contributed by atoms with E-state index in [1.165, 1.54) is 31.4 Å². The van der Waals surface area contributed by atoms with Crippen molar-refractivity contribution < 1.29 is 4.74 Å². The lowest BCUT2D eigenvalue weighted by Gasteiger charge is -2.62. The fourth-order valence-corrected chi connectivity index (χ4v) is 25.5. The zero-order valence-corrected chi connectivity index (χ0v) is 33.2. The Kier molecular flexibility index (Phi) is 4.58. The van der Waals surface area contributed by atoms with E-state index < -0.39 is 0 Å². The molecule has 1 spiro atoms. The standard InChI is InChI=1S/C53H59NO/c1-19(2)8-9-55-28-6-4-20(5-7-28)52-53-17-27-15-25-13-22-10-21-11-24-12-23-14-26-16-29(30(53)18-54(52)3)38-43-34(26)33(23)40-35(24)39-31(21)32(22)41-36(25)42-37(27)51(53)50(38)49-47(42)45(41)44(39)46(40)48(43)49/h4-8,11,21-23,25,27,30-33,35-37,39-52H,9-10,12-18H2,1-3H3. The van der Waals surface area contributed by atoms with Gasteiger partial charge in [0.2, 0.25) is 0 Å². The Morgan fingerprint density at radius 1 is 0.727 bits per heavy atom. The quantitative estimate of drug-likeness (QED) is 0.287. The molecule has 0 amide bonds. The van der Waals surface area contributed by atoms with Crippen LogP contribution in [-0.4, -0.2) is 25.1 Å². The highest BCUT2D eigenvalue weighted by Gasteiger charge is 2.88. The summed E-state index contributed by atoms with van der Waals surface area (Å²) >= 11 is 0. The molecule has 16 aliphatic carbocycles. The van der Waals surface area contributed by atoms with E-state index in [2.05, 4.69) is 90.1 Å². The van der Waals surface area contributed by atoms with E-state index in [0.29, 0.717) is 18.1 Å². The summed E-state index contributed by atoms with van der Waals surface area (Å²) in [4.78, 5) is 2.97. The number of allylic oxidation sites excluding steroid dienone is 6. The summed E-state index contributed by atoms with van der Waals surface area (Å²) in [5.74, 6) is 27.2. The first kappa shape index (κ1) is 29.2. The lowest BCUT2D eigenvalue weighted by molar-refractivity contribution is -0.147. The molecule has 2 heteroatoms. The number of ether oxygens (including phenoxy) is 1.